The van der Waals surface area contributed by atoms with E-state index in [0.717, 1.165) is 12.0 Å². The van der Waals surface area contributed by atoms with Crippen molar-refractivity contribution in [3.8, 4) is 17.2 Å². The van der Waals surface area contributed by atoms with E-state index in [1.807, 2.05) is 13.0 Å². The summed E-state index contributed by atoms with van der Waals surface area (Å²) in [6, 6.07) is 3.61. The molecule has 1 aromatic carbocycles. The van der Waals surface area contributed by atoms with Gasteiger partial charge >= 0.3 is 0 Å². The summed E-state index contributed by atoms with van der Waals surface area (Å²) in [4.78, 5) is 17.0. The van der Waals surface area contributed by atoms with Crippen LogP contribution in [0.25, 0.3) is 5.57 Å². The van der Waals surface area contributed by atoms with E-state index < -0.39 is 0 Å². The Kier molecular flexibility index (Phi) is 7.00. The van der Waals surface area contributed by atoms with Crippen LogP contribution in [0.2, 0.25) is 0 Å². The quantitative estimate of drug-likeness (QED) is 0.414. The Bertz CT molecular complexity index is 1070. The number of amides is 1. The van der Waals surface area contributed by atoms with Gasteiger partial charge in [-0.25, -0.2) is 4.39 Å². The number of hydrogen-bond donors (Lipinski definition) is 2. The first kappa shape index (κ1) is 22.4. The second-order valence-corrected chi connectivity index (χ2v) is 6.96. The number of aromatic nitrogens is 1. The van der Waals surface area contributed by atoms with Crippen molar-refractivity contribution < 1.29 is 18.7 Å². The molecule has 0 saturated heterocycles. The molecule has 2 radical (unpaired) electrons. The van der Waals surface area contributed by atoms with Gasteiger partial charge < -0.3 is 20.1 Å². The lowest BCUT2D eigenvalue weighted by Crippen LogP contribution is -2.21. The van der Waals surface area contributed by atoms with Crippen LogP contribution in [-0.4, -0.2) is 32.9 Å². The number of rotatable bonds is 7. The normalized spacial score (nSPS) is 12.9. The SMILES string of the molecule is [B]Cc1ccc(OC)c2c1Oc1c(/C(=C/C(F)=C\C)CCC)ncc(C(=O)NC)c1N2. The Morgan fingerprint density at radius 3 is 2.74 bits per heavy atom. The molecule has 0 bridgehead atoms. The number of allylic oxidation sites excluding steroid dienone is 4. The van der Waals surface area contributed by atoms with Gasteiger partial charge in [0.05, 0.1) is 26.2 Å². The van der Waals surface area contributed by atoms with Crippen molar-refractivity contribution in [1.82, 2.24) is 10.3 Å². The molecule has 0 unspecified atom stereocenters. The molecule has 0 aliphatic carbocycles. The molecule has 6 nitrogen and oxygen atoms in total. The highest BCUT2D eigenvalue weighted by Gasteiger charge is 2.30. The molecule has 8 heteroatoms. The number of carbonyl (C=O) groups is 1. The number of methoxy groups -OCH3 is 1. The zero-order chi connectivity index (χ0) is 22.5. The Morgan fingerprint density at radius 1 is 1.35 bits per heavy atom. The van der Waals surface area contributed by atoms with Crippen LogP contribution in [0, 0.1) is 0 Å². The molecule has 1 aromatic heterocycles. The maximum Gasteiger partial charge on any atom is 0.254 e. The van der Waals surface area contributed by atoms with Gasteiger partial charge in [-0.1, -0.05) is 31.8 Å². The predicted octanol–water partition coefficient (Wildman–Crippen LogP) is 5.02. The van der Waals surface area contributed by atoms with E-state index in [1.165, 1.54) is 25.4 Å². The van der Waals surface area contributed by atoms with E-state index in [9.17, 15) is 9.18 Å². The highest BCUT2D eigenvalue weighted by Crippen LogP contribution is 2.51. The molecule has 2 heterocycles. The average molecular weight is 421 g/mol. The van der Waals surface area contributed by atoms with Crippen molar-refractivity contribution in [2.24, 2.45) is 0 Å². The Morgan fingerprint density at radius 2 is 2.13 bits per heavy atom. The van der Waals surface area contributed by atoms with Crippen LogP contribution in [-0.2, 0) is 6.32 Å². The minimum absolute atomic E-state index is 0.242. The summed E-state index contributed by atoms with van der Waals surface area (Å²) in [5, 5.41) is 5.89. The Labute approximate surface area is 183 Å². The summed E-state index contributed by atoms with van der Waals surface area (Å²) in [7, 11) is 9.01. The van der Waals surface area contributed by atoms with Crippen LogP contribution in [0.15, 0.2) is 36.3 Å². The van der Waals surface area contributed by atoms with Gasteiger partial charge in [-0.05, 0) is 36.6 Å². The molecule has 1 amide bonds. The fraction of sp³-hybridized carbons (Fsp3) is 0.304. The number of hydrogen-bond acceptors (Lipinski definition) is 5. The minimum Gasteiger partial charge on any atom is -0.494 e. The van der Waals surface area contributed by atoms with Crippen molar-refractivity contribution in [3.63, 3.8) is 0 Å². The van der Waals surface area contributed by atoms with Crippen LogP contribution in [0.1, 0.15) is 48.3 Å². The van der Waals surface area contributed by atoms with E-state index in [1.54, 1.807) is 20.1 Å². The summed E-state index contributed by atoms with van der Waals surface area (Å²) >= 11 is 0. The second kappa shape index (κ2) is 9.68. The number of ether oxygens (including phenoxy) is 2. The van der Waals surface area contributed by atoms with Crippen molar-refractivity contribution in [2.45, 2.75) is 33.0 Å². The Balaban J connectivity index is 2.28. The third-order valence-electron chi connectivity index (χ3n) is 5.01. The molecule has 1 aliphatic heterocycles. The maximum atomic E-state index is 14.1. The summed E-state index contributed by atoms with van der Waals surface area (Å²) in [6.07, 6.45) is 5.89. The zero-order valence-electron chi connectivity index (χ0n) is 18.1. The summed E-state index contributed by atoms with van der Waals surface area (Å²) < 4.78 is 25.9. The fourth-order valence-corrected chi connectivity index (χ4v) is 3.43. The summed E-state index contributed by atoms with van der Waals surface area (Å²) in [5.74, 6) is 0.685. The van der Waals surface area contributed by atoms with Gasteiger partial charge in [0.1, 0.15) is 23.0 Å². The average Bonchev–Trinajstić information content (AvgIpc) is 2.80. The number of carbonyl (C=O) groups excluding carboxylic acids is 1. The van der Waals surface area contributed by atoms with Crippen LogP contribution in [0.3, 0.4) is 0 Å². The summed E-state index contributed by atoms with van der Waals surface area (Å²) in [6.45, 7) is 3.62. The van der Waals surface area contributed by atoms with Crippen molar-refractivity contribution >= 4 is 30.7 Å². The van der Waals surface area contributed by atoms with Gasteiger partial charge in [-0.15, -0.1) is 0 Å². The van der Waals surface area contributed by atoms with E-state index in [-0.39, 0.29) is 18.1 Å². The predicted molar refractivity (Wildman–Crippen MR) is 121 cm³/mol. The molecular weight excluding hydrogens is 396 g/mol. The van der Waals surface area contributed by atoms with Crippen molar-refractivity contribution in [3.05, 3.63) is 53.1 Å². The first-order valence-electron chi connectivity index (χ1n) is 10.1. The lowest BCUT2D eigenvalue weighted by atomic mass is 9.94. The molecular formula is C23H25BFN3O3. The number of nitrogens with zero attached hydrogens (tertiary/aromatic N) is 1. The molecule has 0 spiro atoms. The highest BCUT2D eigenvalue weighted by molar-refractivity contribution is 6.09. The molecule has 0 atom stereocenters. The van der Waals surface area contributed by atoms with Crippen LogP contribution in [0.5, 0.6) is 17.2 Å². The van der Waals surface area contributed by atoms with Gasteiger partial charge in [0.2, 0.25) is 0 Å². The molecule has 2 aromatic rings. The number of anilines is 2. The second-order valence-electron chi connectivity index (χ2n) is 6.96. The number of nitrogens with one attached hydrogen (secondary N) is 2. The molecule has 3 rings (SSSR count). The Hall–Kier alpha value is -3.29. The van der Waals surface area contributed by atoms with Crippen LogP contribution < -0.4 is 20.1 Å². The number of halogens is 1. The number of fused-ring (bicyclic) bond motifs is 2. The van der Waals surface area contributed by atoms with Gasteiger partial charge in [-0.3, -0.25) is 9.78 Å². The van der Waals surface area contributed by atoms with E-state index >= 15 is 0 Å². The molecule has 2 N–H and O–H groups in total. The first-order chi connectivity index (χ1) is 15.0. The third-order valence-corrected chi connectivity index (χ3v) is 5.01. The molecule has 0 saturated carbocycles. The van der Waals surface area contributed by atoms with E-state index in [2.05, 4.69) is 15.6 Å². The number of benzene rings is 1. The van der Waals surface area contributed by atoms with Gasteiger partial charge in [-0.2, -0.15) is 0 Å². The first-order valence-corrected chi connectivity index (χ1v) is 10.1. The third kappa shape index (κ3) is 4.28. The lowest BCUT2D eigenvalue weighted by Gasteiger charge is -2.28. The van der Waals surface area contributed by atoms with Gasteiger partial charge in [0, 0.05) is 13.2 Å². The van der Waals surface area contributed by atoms with E-state index in [0.29, 0.717) is 51.9 Å². The van der Waals surface area contributed by atoms with Crippen molar-refractivity contribution in [2.75, 3.05) is 19.5 Å². The van der Waals surface area contributed by atoms with Gasteiger partial charge in [0.25, 0.3) is 5.91 Å². The fourth-order valence-electron chi connectivity index (χ4n) is 3.43. The standard InChI is InChI=1S/C23H25BFN3O3/c1-5-7-13(10-15(25)6-2)18-22-19(16(12-27-18)23(29)26-3)28-20-17(30-4)9-8-14(11-24)21(20)31-22/h6,8-10,12,28H,5,7,11H2,1-4H3,(H,26,29)/b13-10+,15-6+. The molecule has 0 fully saturated rings. The molecule has 1 aliphatic rings. The monoisotopic (exact) mass is 421 g/mol. The highest BCUT2D eigenvalue weighted by atomic mass is 19.1. The maximum absolute atomic E-state index is 14.1. The lowest BCUT2D eigenvalue weighted by molar-refractivity contribution is 0.0963. The van der Waals surface area contributed by atoms with Crippen LogP contribution >= 0.6 is 0 Å². The smallest absolute Gasteiger partial charge is 0.254 e. The zero-order valence-corrected chi connectivity index (χ0v) is 18.1. The largest absolute Gasteiger partial charge is 0.494 e. The molecule has 160 valence electrons. The number of pyridine rings is 1. The topological polar surface area (TPSA) is 72.5 Å². The van der Waals surface area contributed by atoms with Crippen molar-refractivity contribution in [1.29, 1.82) is 0 Å². The summed E-state index contributed by atoms with van der Waals surface area (Å²) in [5.41, 5.74) is 3.19. The molecule has 31 heavy (non-hydrogen) atoms. The minimum atomic E-state index is -0.372. The van der Waals surface area contributed by atoms with E-state index in [4.69, 9.17) is 17.3 Å². The van der Waals surface area contributed by atoms with Gasteiger partial charge in [0.15, 0.2) is 11.5 Å². The van der Waals surface area contributed by atoms with Crippen LogP contribution in [0.4, 0.5) is 15.8 Å².